The highest BCUT2D eigenvalue weighted by Gasteiger charge is 2.24. The van der Waals surface area contributed by atoms with Crippen LogP contribution in [0.5, 0.6) is 0 Å². The van der Waals surface area contributed by atoms with Crippen molar-refractivity contribution in [3.05, 3.63) is 41.7 Å². The molecular formula is C19H25N3O3. The Kier molecular flexibility index (Phi) is 5.50. The first kappa shape index (κ1) is 17.6. The van der Waals surface area contributed by atoms with Crippen molar-refractivity contribution in [2.75, 3.05) is 26.7 Å². The van der Waals surface area contributed by atoms with Gasteiger partial charge >= 0.3 is 5.97 Å². The van der Waals surface area contributed by atoms with Crippen LogP contribution in [0.3, 0.4) is 0 Å². The lowest BCUT2D eigenvalue weighted by molar-refractivity contribution is -0.138. The van der Waals surface area contributed by atoms with Gasteiger partial charge < -0.3 is 9.63 Å². The van der Waals surface area contributed by atoms with Crippen LogP contribution in [0.25, 0.3) is 11.3 Å². The van der Waals surface area contributed by atoms with Crippen LogP contribution in [0, 0.1) is 6.92 Å². The highest BCUT2D eigenvalue weighted by Crippen LogP contribution is 2.22. The van der Waals surface area contributed by atoms with E-state index >= 15 is 0 Å². The van der Waals surface area contributed by atoms with Crippen LogP contribution in [0.1, 0.15) is 24.2 Å². The largest absolute Gasteiger partial charge is 0.480 e. The second kappa shape index (κ2) is 7.80. The van der Waals surface area contributed by atoms with E-state index in [0.29, 0.717) is 6.04 Å². The SMILES string of the molecule is Cc1ccc(-c2cc(CN3CCC(N(C)CC(=O)O)CC3)on2)cc1. The van der Waals surface area contributed by atoms with Crippen LogP contribution in [-0.4, -0.2) is 58.8 Å². The van der Waals surface area contributed by atoms with Gasteiger partial charge in [-0.2, -0.15) is 0 Å². The first-order chi connectivity index (χ1) is 12.0. The number of piperidine rings is 1. The van der Waals surface area contributed by atoms with E-state index in [-0.39, 0.29) is 6.54 Å². The second-order valence-corrected chi connectivity index (χ2v) is 6.86. The predicted molar refractivity (Wildman–Crippen MR) is 95.2 cm³/mol. The summed E-state index contributed by atoms with van der Waals surface area (Å²) in [5.41, 5.74) is 3.16. The summed E-state index contributed by atoms with van der Waals surface area (Å²) in [6.07, 6.45) is 1.95. The summed E-state index contributed by atoms with van der Waals surface area (Å²) in [5, 5.41) is 13.1. The van der Waals surface area contributed by atoms with Crippen molar-refractivity contribution in [2.24, 2.45) is 0 Å². The molecule has 0 atom stereocenters. The van der Waals surface area contributed by atoms with Gasteiger partial charge in [0.15, 0.2) is 5.76 Å². The van der Waals surface area contributed by atoms with Crippen molar-refractivity contribution in [3.63, 3.8) is 0 Å². The maximum Gasteiger partial charge on any atom is 0.317 e. The predicted octanol–water partition coefficient (Wildman–Crippen LogP) is 2.63. The van der Waals surface area contributed by atoms with Crippen LogP contribution in [0.15, 0.2) is 34.9 Å². The standard InChI is InChI=1S/C19H25N3O3/c1-14-3-5-15(6-4-14)18-11-17(25-20-18)12-22-9-7-16(8-10-22)21(2)13-19(23)24/h3-6,11,16H,7-10,12-13H2,1-2H3,(H,23,24). The summed E-state index contributed by atoms with van der Waals surface area (Å²) in [6.45, 7) is 4.79. The lowest BCUT2D eigenvalue weighted by Gasteiger charge is -2.35. The number of benzene rings is 1. The van der Waals surface area contributed by atoms with Crippen molar-refractivity contribution < 1.29 is 14.4 Å². The molecule has 1 aliphatic rings. The number of carboxylic acids is 1. The molecule has 0 spiro atoms. The number of carbonyl (C=O) groups is 1. The number of hydrogen-bond acceptors (Lipinski definition) is 5. The molecule has 0 amide bonds. The molecule has 1 N–H and O–H groups in total. The highest BCUT2D eigenvalue weighted by atomic mass is 16.5. The second-order valence-electron chi connectivity index (χ2n) is 6.86. The van der Waals surface area contributed by atoms with E-state index in [2.05, 4.69) is 41.2 Å². The van der Waals surface area contributed by atoms with Crippen LogP contribution in [0.2, 0.25) is 0 Å². The van der Waals surface area contributed by atoms with Gasteiger partial charge in [-0.05, 0) is 26.8 Å². The quantitative estimate of drug-likeness (QED) is 0.869. The molecule has 2 heterocycles. The van der Waals surface area contributed by atoms with Crippen LogP contribution in [-0.2, 0) is 11.3 Å². The zero-order valence-corrected chi connectivity index (χ0v) is 14.8. The molecular weight excluding hydrogens is 318 g/mol. The van der Waals surface area contributed by atoms with E-state index in [4.69, 9.17) is 9.63 Å². The molecule has 1 aromatic carbocycles. The molecule has 6 nitrogen and oxygen atoms in total. The molecule has 1 aliphatic heterocycles. The van der Waals surface area contributed by atoms with Crippen molar-refractivity contribution in [2.45, 2.75) is 32.4 Å². The van der Waals surface area contributed by atoms with Gasteiger partial charge in [-0.3, -0.25) is 14.6 Å². The van der Waals surface area contributed by atoms with E-state index < -0.39 is 5.97 Å². The fourth-order valence-electron chi connectivity index (χ4n) is 3.33. The zero-order valence-electron chi connectivity index (χ0n) is 14.8. The number of likely N-dealkylation sites (tertiary alicyclic amines) is 1. The Labute approximate surface area is 148 Å². The molecule has 2 aromatic rings. The number of carboxylic acid groups (broad SMARTS) is 1. The molecule has 0 bridgehead atoms. The number of aromatic nitrogens is 1. The molecule has 3 rings (SSSR count). The molecule has 0 radical (unpaired) electrons. The third-order valence-electron chi connectivity index (χ3n) is 4.85. The third-order valence-corrected chi connectivity index (χ3v) is 4.85. The monoisotopic (exact) mass is 343 g/mol. The molecule has 1 fully saturated rings. The first-order valence-corrected chi connectivity index (χ1v) is 8.68. The Balaban J connectivity index is 1.53. The molecule has 1 aromatic heterocycles. The molecule has 134 valence electrons. The van der Waals surface area contributed by atoms with Crippen molar-refractivity contribution in [3.8, 4) is 11.3 Å². The topological polar surface area (TPSA) is 69.8 Å². The summed E-state index contributed by atoms with van der Waals surface area (Å²) in [6, 6.07) is 10.6. The molecule has 1 saturated heterocycles. The fraction of sp³-hybridized carbons (Fsp3) is 0.474. The van der Waals surface area contributed by atoms with Gasteiger partial charge in [0.05, 0.1) is 13.1 Å². The minimum Gasteiger partial charge on any atom is -0.480 e. The van der Waals surface area contributed by atoms with E-state index in [0.717, 1.165) is 49.5 Å². The number of likely N-dealkylation sites (N-methyl/N-ethyl adjacent to an activating group) is 1. The van der Waals surface area contributed by atoms with Crippen LogP contribution < -0.4 is 0 Å². The Hall–Kier alpha value is -2.18. The zero-order chi connectivity index (χ0) is 17.8. The maximum atomic E-state index is 10.8. The van der Waals surface area contributed by atoms with Gasteiger partial charge in [-0.25, -0.2) is 0 Å². The Morgan fingerprint density at radius 2 is 2.00 bits per heavy atom. The van der Waals surface area contributed by atoms with E-state index in [1.54, 1.807) is 0 Å². The third kappa shape index (κ3) is 4.67. The number of rotatable bonds is 6. The van der Waals surface area contributed by atoms with Crippen molar-refractivity contribution >= 4 is 5.97 Å². The maximum absolute atomic E-state index is 10.8. The Morgan fingerprint density at radius 1 is 1.32 bits per heavy atom. The summed E-state index contributed by atoms with van der Waals surface area (Å²) >= 11 is 0. The fourth-order valence-corrected chi connectivity index (χ4v) is 3.33. The van der Waals surface area contributed by atoms with Gasteiger partial charge in [0, 0.05) is 30.8 Å². The lowest BCUT2D eigenvalue weighted by atomic mass is 10.0. The smallest absolute Gasteiger partial charge is 0.317 e. The number of aliphatic carboxylic acids is 1. The van der Waals surface area contributed by atoms with Crippen LogP contribution >= 0.6 is 0 Å². The van der Waals surface area contributed by atoms with Gasteiger partial charge in [0.1, 0.15) is 5.69 Å². The van der Waals surface area contributed by atoms with Gasteiger partial charge in [-0.15, -0.1) is 0 Å². The molecule has 0 unspecified atom stereocenters. The number of nitrogens with zero attached hydrogens (tertiary/aromatic N) is 3. The number of aryl methyl sites for hydroxylation is 1. The summed E-state index contributed by atoms with van der Waals surface area (Å²) < 4.78 is 5.50. The first-order valence-electron chi connectivity index (χ1n) is 8.68. The average Bonchev–Trinajstić information content (AvgIpc) is 3.04. The Bertz CT molecular complexity index is 703. The van der Waals surface area contributed by atoms with E-state index in [9.17, 15) is 4.79 Å². The van der Waals surface area contributed by atoms with Crippen molar-refractivity contribution in [1.82, 2.24) is 15.0 Å². The minimum atomic E-state index is -0.768. The lowest BCUT2D eigenvalue weighted by Crippen LogP contribution is -2.44. The van der Waals surface area contributed by atoms with E-state index in [1.807, 2.05) is 18.0 Å². The van der Waals surface area contributed by atoms with Gasteiger partial charge in [0.25, 0.3) is 0 Å². The normalized spacial score (nSPS) is 16.4. The molecule has 25 heavy (non-hydrogen) atoms. The van der Waals surface area contributed by atoms with E-state index in [1.165, 1.54) is 5.56 Å². The van der Waals surface area contributed by atoms with Gasteiger partial charge in [-0.1, -0.05) is 35.0 Å². The van der Waals surface area contributed by atoms with Crippen molar-refractivity contribution in [1.29, 1.82) is 0 Å². The highest BCUT2D eigenvalue weighted by molar-refractivity contribution is 5.69. The molecule has 0 aliphatic carbocycles. The summed E-state index contributed by atoms with van der Waals surface area (Å²) in [7, 11) is 1.89. The minimum absolute atomic E-state index is 0.104. The Morgan fingerprint density at radius 3 is 2.64 bits per heavy atom. The average molecular weight is 343 g/mol. The molecule has 6 heteroatoms. The summed E-state index contributed by atoms with van der Waals surface area (Å²) in [5.74, 6) is 0.100. The van der Waals surface area contributed by atoms with Gasteiger partial charge in [0.2, 0.25) is 0 Å². The number of hydrogen-bond donors (Lipinski definition) is 1. The molecule has 0 saturated carbocycles. The van der Waals surface area contributed by atoms with Crippen LogP contribution in [0.4, 0.5) is 0 Å². The summed E-state index contributed by atoms with van der Waals surface area (Å²) in [4.78, 5) is 15.1.